The topological polar surface area (TPSA) is 70.2 Å². The van der Waals surface area contributed by atoms with Crippen molar-refractivity contribution in [2.75, 3.05) is 11.9 Å². The van der Waals surface area contributed by atoms with Gasteiger partial charge in [-0.3, -0.25) is 4.79 Å². The van der Waals surface area contributed by atoms with Crippen molar-refractivity contribution in [2.45, 2.75) is 19.4 Å². The maximum Gasteiger partial charge on any atom is 0.319 e. The van der Waals surface area contributed by atoms with Gasteiger partial charge in [0, 0.05) is 18.7 Å². The highest BCUT2D eigenvalue weighted by atomic mass is 16.2. The SMILES string of the molecule is CCNC(=O)C(Cc1ccccc1)NC(=O)Nc1ccc(-c2ccccc2)cc1. The van der Waals surface area contributed by atoms with Crippen LogP contribution in [0.15, 0.2) is 84.9 Å². The Morgan fingerprint density at radius 1 is 0.793 bits per heavy atom. The van der Waals surface area contributed by atoms with Gasteiger partial charge in [-0.2, -0.15) is 0 Å². The number of carbonyl (C=O) groups is 2. The average Bonchev–Trinajstić information content (AvgIpc) is 2.75. The highest BCUT2D eigenvalue weighted by Crippen LogP contribution is 2.21. The van der Waals surface area contributed by atoms with Crippen LogP contribution in [0.1, 0.15) is 12.5 Å². The zero-order chi connectivity index (χ0) is 20.5. The van der Waals surface area contributed by atoms with Crippen LogP contribution < -0.4 is 16.0 Å². The first kappa shape index (κ1) is 20.1. The second kappa shape index (κ2) is 10.1. The van der Waals surface area contributed by atoms with Crippen molar-refractivity contribution < 1.29 is 9.59 Å². The normalized spacial score (nSPS) is 11.3. The number of rotatable bonds is 7. The molecular formula is C24H25N3O2. The third-order valence-electron chi connectivity index (χ3n) is 4.51. The van der Waals surface area contributed by atoms with Crippen molar-refractivity contribution in [3.05, 3.63) is 90.5 Å². The molecule has 0 aliphatic rings. The van der Waals surface area contributed by atoms with Gasteiger partial charge in [-0.1, -0.05) is 72.8 Å². The molecule has 3 N–H and O–H groups in total. The largest absolute Gasteiger partial charge is 0.355 e. The lowest BCUT2D eigenvalue weighted by Gasteiger charge is -2.18. The van der Waals surface area contributed by atoms with Gasteiger partial charge in [-0.25, -0.2) is 4.79 Å². The molecule has 5 nitrogen and oxygen atoms in total. The molecule has 1 unspecified atom stereocenters. The fourth-order valence-electron chi connectivity index (χ4n) is 3.06. The Morgan fingerprint density at radius 3 is 2.00 bits per heavy atom. The number of anilines is 1. The average molecular weight is 387 g/mol. The smallest absolute Gasteiger partial charge is 0.319 e. The number of amides is 3. The monoisotopic (exact) mass is 387 g/mol. The standard InChI is InChI=1S/C24H25N3O2/c1-2-25-23(28)22(17-18-9-5-3-6-10-18)27-24(29)26-21-15-13-20(14-16-21)19-11-7-4-8-12-19/h3-16,22H,2,17H2,1H3,(H,25,28)(H2,26,27,29). The summed E-state index contributed by atoms with van der Waals surface area (Å²) in [5, 5.41) is 8.37. The molecule has 0 fully saturated rings. The van der Waals surface area contributed by atoms with Crippen molar-refractivity contribution in [1.29, 1.82) is 0 Å². The fraction of sp³-hybridized carbons (Fsp3) is 0.167. The van der Waals surface area contributed by atoms with Crippen LogP contribution in [0.3, 0.4) is 0 Å². The summed E-state index contributed by atoms with van der Waals surface area (Å²) in [6, 6.07) is 26.2. The first-order valence-electron chi connectivity index (χ1n) is 9.70. The van der Waals surface area contributed by atoms with E-state index in [1.165, 1.54) is 0 Å². The molecule has 0 bridgehead atoms. The predicted molar refractivity (Wildman–Crippen MR) is 117 cm³/mol. The summed E-state index contributed by atoms with van der Waals surface area (Å²) >= 11 is 0. The molecule has 3 aromatic carbocycles. The van der Waals surface area contributed by atoms with Crippen molar-refractivity contribution in [3.8, 4) is 11.1 Å². The van der Waals surface area contributed by atoms with Gasteiger partial charge in [0.25, 0.3) is 0 Å². The number of nitrogens with one attached hydrogen (secondary N) is 3. The lowest BCUT2D eigenvalue weighted by atomic mass is 10.1. The van der Waals surface area contributed by atoms with Gasteiger partial charge in [-0.15, -0.1) is 0 Å². The summed E-state index contributed by atoms with van der Waals surface area (Å²) in [6.07, 6.45) is 0.424. The molecule has 0 saturated carbocycles. The first-order valence-corrected chi connectivity index (χ1v) is 9.70. The fourth-order valence-corrected chi connectivity index (χ4v) is 3.06. The van der Waals surface area contributed by atoms with E-state index in [2.05, 4.69) is 16.0 Å². The quantitative estimate of drug-likeness (QED) is 0.568. The summed E-state index contributed by atoms with van der Waals surface area (Å²) < 4.78 is 0. The van der Waals surface area contributed by atoms with E-state index in [4.69, 9.17) is 0 Å². The Morgan fingerprint density at radius 2 is 1.38 bits per heavy atom. The van der Waals surface area contributed by atoms with E-state index in [9.17, 15) is 9.59 Å². The highest BCUT2D eigenvalue weighted by molar-refractivity contribution is 5.94. The van der Waals surface area contributed by atoms with Gasteiger partial charge in [0.05, 0.1) is 0 Å². The van der Waals surface area contributed by atoms with E-state index >= 15 is 0 Å². The Balaban J connectivity index is 1.64. The van der Waals surface area contributed by atoms with Gasteiger partial charge in [-0.05, 0) is 35.7 Å². The number of likely N-dealkylation sites (N-methyl/N-ethyl adjacent to an activating group) is 1. The lowest BCUT2D eigenvalue weighted by molar-refractivity contribution is -0.122. The molecular weight excluding hydrogens is 362 g/mol. The number of carbonyl (C=O) groups excluding carboxylic acids is 2. The lowest BCUT2D eigenvalue weighted by Crippen LogP contribution is -2.49. The van der Waals surface area contributed by atoms with Crippen LogP contribution >= 0.6 is 0 Å². The Hall–Kier alpha value is -3.60. The van der Waals surface area contributed by atoms with Crippen molar-refractivity contribution in [2.24, 2.45) is 0 Å². The molecule has 0 spiro atoms. The first-order chi connectivity index (χ1) is 14.2. The molecule has 5 heteroatoms. The van der Waals surface area contributed by atoms with Crippen molar-refractivity contribution in [3.63, 3.8) is 0 Å². The zero-order valence-corrected chi connectivity index (χ0v) is 16.4. The second-order valence-corrected chi connectivity index (χ2v) is 6.68. The van der Waals surface area contributed by atoms with Gasteiger partial charge in [0.1, 0.15) is 6.04 Å². The van der Waals surface area contributed by atoms with Crippen LogP contribution in [0.5, 0.6) is 0 Å². The molecule has 3 rings (SSSR count). The summed E-state index contributed by atoms with van der Waals surface area (Å²) in [7, 11) is 0. The number of hydrogen-bond acceptors (Lipinski definition) is 2. The van der Waals surface area contributed by atoms with Crippen molar-refractivity contribution >= 4 is 17.6 Å². The van der Waals surface area contributed by atoms with Gasteiger partial charge in [0.15, 0.2) is 0 Å². The number of urea groups is 1. The third-order valence-corrected chi connectivity index (χ3v) is 4.51. The second-order valence-electron chi connectivity index (χ2n) is 6.68. The molecule has 0 aromatic heterocycles. The summed E-state index contributed by atoms with van der Waals surface area (Å²) in [5.74, 6) is -0.203. The van der Waals surface area contributed by atoms with Gasteiger partial charge < -0.3 is 16.0 Å². The van der Waals surface area contributed by atoms with Crippen LogP contribution in [0.4, 0.5) is 10.5 Å². The van der Waals surface area contributed by atoms with Crippen LogP contribution in [0.2, 0.25) is 0 Å². The molecule has 1 atom stereocenters. The number of benzene rings is 3. The molecule has 3 amide bonds. The Kier molecular flexibility index (Phi) is 7.00. The minimum Gasteiger partial charge on any atom is -0.355 e. The van der Waals surface area contributed by atoms with Gasteiger partial charge >= 0.3 is 6.03 Å². The van der Waals surface area contributed by atoms with Crippen LogP contribution in [-0.2, 0) is 11.2 Å². The molecule has 0 heterocycles. The summed E-state index contributed by atoms with van der Waals surface area (Å²) in [6.45, 7) is 2.36. The van der Waals surface area contributed by atoms with E-state index in [0.29, 0.717) is 18.7 Å². The van der Waals surface area contributed by atoms with Crippen LogP contribution in [0.25, 0.3) is 11.1 Å². The summed E-state index contributed by atoms with van der Waals surface area (Å²) in [5.41, 5.74) is 3.83. The van der Waals surface area contributed by atoms with E-state index in [1.54, 1.807) is 0 Å². The van der Waals surface area contributed by atoms with E-state index in [-0.39, 0.29) is 5.91 Å². The van der Waals surface area contributed by atoms with Crippen LogP contribution in [-0.4, -0.2) is 24.5 Å². The maximum atomic E-state index is 12.5. The molecule has 0 aliphatic heterocycles. The predicted octanol–water partition coefficient (Wildman–Crippen LogP) is 4.22. The molecule has 3 aromatic rings. The van der Waals surface area contributed by atoms with Crippen LogP contribution in [0, 0.1) is 0 Å². The molecule has 0 saturated heterocycles. The van der Waals surface area contributed by atoms with E-state index < -0.39 is 12.1 Å². The summed E-state index contributed by atoms with van der Waals surface area (Å²) in [4.78, 5) is 24.9. The van der Waals surface area contributed by atoms with E-state index in [1.807, 2.05) is 91.9 Å². The molecule has 148 valence electrons. The Labute approximate surface area is 171 Å². The minimum absolute atomic E-state index is 0.203. The Bertz CT molecular complexity index is 925. The number of hydrogen-bond donors (Lipinski definition) is 3. The minimum atomic E-state index is -0.652. The zero-order valence-electron chi connectivity index (χ0n) is 16.4. The van der Waals surface area contributed by atoms with Crippen molar-refractivity contribution in [1.82, 2.24) is 10.6 Å². The van der Waals surface area contributed by atoms with Gasteiger partial charge in [0.2, 0.25) is 5.91 Å². The molecule has 0 radical (unpaired) electrons. The molecule has 0 aliphatic carbocycles. The maximum absolute atomic E-state index is 12.5. The third kappa shape index (κ3) is 5.94. The highest BCUT2D eigenvalue weighted by Gasteiger charge is 2.20. The van der Waals surface area contributed by atoms with E-state index in [0.717, 1.165) is 16.7 Å². The molecule has 29 heavy (non-hydrogen) atoms.